The van der Waals surface area contributed by atoms with Crippen molar-refractivity contribution in [3.8, 4) is 5.75 Å². The molecule has 0 spiro atoms. The van der Waals surface area contributed by atoms with Crippen LogP contribution in [0.5, 0.6) is 5.75 Å². The van der Waals surface area contributed by atoms with Crippen molar-refractivity contribution in [1.29, 1.82) is 0 Å². The minimum atomic E-state index is 0.552. The number of aliphatic imine (C=N–C) groups is 1. The molecular formula is C20H33N3O3. The van der Waals surface area contributed by atoms with Crippen molar-refractivity contribution < 1.29 is 14.2 Å². The van der Waals surface area contributed by atoms with Crippen LogP contribution in [0.15, 0.2) is 29.3 Å². The molecule has 1 aromatic carbocycles. The molecule has 146 valence electrons. The van der Waals surface area contributed by atoms with E-state index in [2.05, 4.69) is 28.6 Å². The zero-order chi connectivity index (χ0) is 18.5. The van der Waals surface area contributed by atoms with Crippen molar-refractivity contribution in [1.82, 2.24) is 10.6 Å². The zero-order valence-corrected chi connectivity index (χ0v) is 16.1. The number of hydrogen-bond acceptors (Lipinski definition) is 4. The summed E-state index contributed by atoms with van der Waals surface area (Å²) in [6.45, 7) is 7.24. The Labute approximate surface area is 157 Å². The summed E-state index contributed by atoms with van der Waals surface area (Å²) in [5.74, 6) is 2.51. The smallest absolute Gasteiger partial charge is 0.191 e. The van der Waals surface area contributed by atoms with Crippen LogP contribution < -0.4 is 15.4 Å². The highest BCUT2D eigenvalue weighted by Crippen LogP contribution is 2.28. The predicted molar refractivity (Wildman–Crippen MR) is 105 cm³/mol. The second-order valence-corrected chi connectivity index (χ2v) is 6.48. The summed E-state index contributed by atoms with van der Waals surface area (Å²) in [5.41, 5.74) is 1.12. The Morgan fingerprint density at radius 1 is 1.19 bits per heavy atom. The molecular weight excluding hydrogens is 330 g/mol. The molecule has 6 nitrogen and oxygen atoms in total. The minimum absolute atomic E-state index is 0.552. The van der Waals surface area contributed by atoms with Gasteiger partial charge < -0.3 is 24.8 Å². The van der Waals surface area contributed by atoms with E-state index in [9.17, 15) is 0 Å². The third-order valence-electron chi connectivity index (χ3n) is 4.03. The van der Waals surface area contributed by atoms with Gasteiger partial charge in [-0.05, 0) is 49.8 Å². The maximum atomic E-state index is 5.66. The quantitative estimate of drug-likeness (QED) is 0.320. The van der Waals surface area contributed by atoms with Gasteiger partial charge in [0.05, 0.1) is 13.2 Å². The van der Waals surface area contributed by atoms with Crippen molar-refractivity contribution in [2.45, 2.75) is 32.7 Å². The summed E-state index contributed by atoms with van der Waals surface area (Å²) < 4.78 is 16.3. The van der Waals surface area contributed by atoms with Crippen LogP contribution in [0, 0.1) is 5.92 Å². The molecule has 0 radical (unpaired) electrons. The molecule has 1 aliphatic carbocycles. The van der Waals surface area contributed by atoms with E-state index >= 15 is 0 Å². The van der Waals surface area contributed by atoms with Gasteiger partial charge in [-0.15, -0.1) is 0 Å². The summed E-state index contributed by atoms with van der Waals surface area (Å²) in [4.78, 5) is 4.65. The first-order valence-corrected chi connectivity index (χ1v) is 9.62. The van der Waals surface area contributed by atoms with E-state index in [1.165, 1.54) is 12.8 Å². The van der Waals surface area contributed by atoms with E-state index in [-0.39, 0.29) is 0 Å². The molecule has 1 aromatic rings. The molecule has 0 bridgehead atoms. The lowest BCUT2D eigenvalue weighted by atomic mass is 10.2. The summed E-state index contributed by atoms with van der Waals surface area (Å²) in [5, 5.41) is 6.64. The number of rotatable bonds is 13. The first-order chi connectivity index (χ1) is 12.8. The van der Waals surface area contributed by atoms with E-state index in [0.717, 1.165) is 55.9 Å². The Bertz CT molecular complexity index is 533. The molecule has 0 heterocycles. The maximum absolute atomic E-state index is 5.66. The van der Waals surface area contributed by atoms with Crippen LogP contribution in [0.1, 0.15) is 31.7 Å². The van der Waals surface area contributed by atoms with E-state index in [1.807, 2.05) is 18.2 Å². The Balaban J connectivity index is 1.71. The summed E-state index contributed by atoms with van der Waals surface area (Å²) in [6, 6.07) is 8.02. The monoisotopic (exact) mass is 363 g/mol. The second kappa shape index (κ2) is 12.5. The van der Waals surface area contributed by atoms with Gasteiger partial charge in [-0.25, -0.2) is 4.99 Å². The van der Waals surface area contributed by atoms with Crippen molar-refractivity contribution in [2.24, 2.45) is 10.9 Å². The van der Waals surface area contributed by atoms with Crippen molar-refractivity contribution in [3.05, 3.63) is 29.8 Å². The summed E-state index contributed by atoms with van der Waals surface area (Å²) in [7, 11) is 1.67. The van der Waals surface area contributed by atoms with Crippen LogP contribution in [0.4, 0.5) is 0 Å². The average molecular weight is 364 g/mol. The Morgan fingerprint density at radius 3 is 2.85 bits per heavy atom. The van der Waals surface area contributed by atoms with Crippen LogP contribution in [-0.4, -0.2) is 52.6 Å². The van der Waals surface area contributed by atoms with Gasteiger partial charge in [-0.1, -0.05) is 12.1 Å². The maximum Gasteiger partial charge on any atom is 0.191 e. The van der Waals surface area contributed by atoms with Crippen LogP contribution >= 0.6 is 0 Å². The van der Waals surface area contributed by atoms with Gasteiger partial charge in [0.15, 0.2) is 5.96 Å². The number of guanidine groups is 1. The highest BCUT2D eigenvalue weighted by Gasteiger charge is 2.20. The molecule has 0 aromatic heterocycles. The van der Waals surface area contributed by atoms with Crippen LogP contribution in [0.2, 0.25) is 0 Å². The molecule has 26 heavy (non-hydrogen) atoms. The molecule has 2 N–H and O–H groups in total. The van der Waals surface area contributed by atoms with Gasteiger partial charge in [-0.3, -0.25) is 0 Å². The molecule has 0 atom stereocenters. The minimum Gasteiger partial charge on any atom is -0.491 e. The third kappa shape index (κ3) is 9.06. The van der Waals surface area contributed by atoms with E-state index in [1.54, 1.807) is 7.11 Å². The molecule has 0 saturated heterocycles. The van der Waals surface area contributed by atoms with Crippen molar-refractivity contribution in [3.63, 3.8) is 0 Å². The fourth-order valence-corrected chi connectivity index (χ4v) is 2.40. The average Bonchev–Trinajstić information content (AvgIpc) is 3.47. The first kappa shape index (κ1) is 20.5. The Morgan fingerprint density at radius 2 is 2.08 bits per heavy atom. The lowest BCUT2D eigenvalue weighted by molar-refractivity contribution is 0.123. The molecule has 6 heteroatoms. The number of nitrogens with one attached hydrogen (secondary N) is 2. The Kier molecular flexibility index (Phi) is 9.90. The molecule has 1 aliphatic rings. The SMILES string of the molecule is CCNC(=NCc1cccc(OCCOC)c1)NCCCOCC1CC1. The number of hydrogen-bond donors (Lipinski definition) is 2. The molecule has 0 amide bonds. The highest BCUT2D eigenvalue weighted by molar-refractivity contribution is 5.79. The normalized spacial score (nSPS) is 14.3. The molecule has 0 aliphatic heterocycles. The summed E-state index contributed by atoms with van der Waals surface area (Å²) in [6.07, 6.45) is 3.67. The van der Waals surface area contributed by atoms with Gasteiger partial charge in [0.25, 0.3) is 0 Å². The molecule has 2 rings (SSSR count). The zero-order valence-electron chi connectivity index (χ0n) is 16.1. The standard InChI is InChI=1S/C20H33N3O3/c1-3-21-20(22-10-5-11-25-16-17-8-9-17)23-15-18-6-4-7-19(14-18)26-13-12-24-2/h4,6-7,14,17H,3,5,8-13,15-16H2,1-2H3,(H2,21,22,23). The van der Waals surface area contributed by atoms with Crippen LogP contribution in [0.25, 0.3) is 0 Å². The van der Waals surface area contributed by atoms with Crippen LogP contribution in [-0.2, 0) is 16.0 Å². The fraction of sp³-hybridized carbons (Fsp3) is 0.650. The highest BCUT2D eigenvalue weighted by atomic mass is 16.5. The fourth-order valence-electron chi connectivity index (χ4n) is 2.40. The van der Waals surface area contributed by atoms with Gasteiger partial charge in [-0.2, -0.15) is 0 Å². The van der Waals surface area contributed by atoms with E-state index in [4.69, 9.17) is 14.2 Å². The molecule has 0 unspecified atom stereocenters. The number of benzene rings is 1. The van der Waals surface area contributed by atoms with Gasteiger partial charge in [0, 0.05) is 33.4 Å². The predicted octanol–water partition coefficient (Wildman–Crippen LogP) is 2.58. The summed E-state index contributed by atoms with van der Waals surface area (Å²) >= 11 is 0. The number of methoxy groups -OCH3 is 1. The van der Waals surface area contributed by atoms with Gasteiger partial charge in [0.2, 0.25) is 0 Å². The lowest BCUT2D eigenvalue weighted by Gasteiger charge is -2.12. The van der Waals surface area contributed by atoms with E-state index in [0.29, 0.717) is 19.8 Å². The number of ether oxygens (including phenoxy) is 3. The van der Waals surface area contributed by atoms with Gasteiger partial charge in [0.1, 0.15) is 12.4 Å². The Hall–Kier alpha value is -1.79. The largest absolute Gasteiger partial charge is 0.491 e. The van der Waals surface area contributed by atoms with Crippen molar-refractivity contribution >= 4 is 5.96 Å². The van der Waals surface area contributed by atoms with Crippen LogP contribution in [0.3, 0.4) is 0 Å². The lowest BCUT2D eigenvalue weighted by Crippen LogP contribution is -2.38. The number of nitrogens with zero attached hydrogens (tertiary/aromatic N) is 1. The second-order valence-electron chi connectivity index (χ2n) is 6.48. The third-order valence-corrected chi connectivity index (χ3v) is 4.03. The topological polar surface area (TPSA) is 64.1 Å². The van der Waals surface area contributed by atoms with E-state index < -0.39 is 0 Å². The van der Waals surface area contributed by atoms with Crippen molar-refractivity contribution in [2.75, 3.05) is 46.6 Å². The van der Waals surface area contributed by atoms with Gasteiger partial charge >= 0.3 is 0 Å². The molecule has 1 fully saturated rings. The molecule has 1 saturated carbocycles. The first-order valence-electron chi connectivity index (χ1n) is 9.62.